The molecule has 8 heteroatoms. The van der Waals surface area contributed by atoms with Gasteiger partial charge in [-0.25, -0.2) is 13.6 Å². The van der Waals surface area contributed by atoms with Crippen LogP contribution in [0.3, 0.4) is 0 Å². The number of carbonyl (C=O) groups excluding carboxylic acids is 2. The monoisotopic (exact) mass is 319 g/mol. The van der Waals surface area contributed by atoms with Gasteiger partial charge in [0.25, 0.3) is 0 Å². The van der Waals surface area contributed by atoms with Crippen molar-refractivity contribution in [2.45, 2.75) is 4.90 Å². The van der Waals surface area contributed by atoms with Crippen LogP contribution in [0.5, 0.6) is 0 Å². The highest BCUT2D eigenvalue weighted by atomic mass is 32.2. The molecule has 2 amide bonds. The molecule has 0 atom stereocenters. The van der Waals surface area contributed by atoms with E-state index in [9.17, 15) is 18.0 Å². The third-order valence-electron chi connectivity index (χ3n) is 2.87. The summed E-state index contributed by atoms with van der Waals surface area (Å²) in [7, 11) is -3.85. The summed E-state index contributed by atoms with van der Waals surface area (Å²) in [5.74, 6) is -2.03. The summed E-state index contributed by atoms with van der Waals surface area (Å²) in [5.41, 5.74) is 6.24. The van der Waals surface area contributed by atoms with Crippen molar-refractivity contribution in [1.82, 2.24) is 0 Å². The molecule has 0 saturated carbocycles. The molecule has 0 saturated heterocycles. The maximum absolute atomic E-state index is 11.6. The smallest absolute Gasteiger partial charge is 0.313 e. The number of amides is 2. The zero-order chi connectivity index (χ0) is 16.3. The van der Waals surface area contributed by atoms with E-state index in [4.69, 9.17) is 10.9 Å². The van der Waals surface area contributed by atoms with E-state index < -0.39 is 21.8 Å². The van der Waals surface area contributed by atoms with Gasteiger partial charge in [0, 0.05) is 11.3 Å². The summed E-state index contributed by atoms with van der Waals surface area (Å²) < 4.78 is 23.2. The van der Waals surface area contributed by atoms with E-state index in [-0.39, 0.29) is 4.90 Å². The van der Waals surface area contributed by atoms with Gasteiger partial charge in [-0.3, -0.25) is 9.59 Å². The van der Waals surface area contributed by atoms with Crippen LogP contribution in [0.15, 0.2) is 53.4 Å². The molecule has 0 aliphatic heterocycles. The normalized spacial score (nSPS) is 11.0. The number of rotatable bonds is 3. The lowest BCUT2D eigenvalue weighted by molar-refractivity contribution is -0.134. The van der Waals surface area contributed by atoms with Gasteiger partial charge in [-0.2, -0.15) is 0 Å². The molecule has 2 aromatic carbocycles. The lowest BCUT2D eigenvalue weighted by atomic mass is 10.1. The van der Waals surface area contributed by atoms with Crippen LogP contribution in [0.2, 0.25) is 0 Å². The summed E-state index contributed by atoms with van der Waals surface area (Å²) in [5, 5.41) is 7.50. The summed E-state index contributed by atoms with van der Waals surface area (Å²) in [6.07, 6.45) is 0. The molecule has 114 valence electrons. The molecule has 0 bridgehead atoms. The maximum atomic E-state index is 11.6. The molecular formula is C14H13N3O4S. The maximum Gasteiger partial charge on any atom is 0.313 e. The lowest BCUT2D eigenvalue weighted by Crippen LogP contribution is -2.29. The summed E-state index contributed by atoms with van der Waals surface area (Å²) >= 11 is 0. The van der Waals surface area contributed by atoms with E-state index in [1.807, 2.05) is 0 Å². The predicted octanol–water partition coefficient (Wildman–Crippen LogP) is 0.425. The fourth-order valence-electron chi connectivity index (χ4n) is 1.88. The van der Waals surface area contributed by atoms with Crippen LogP contribution in [0.25, 0.3) is 11.1 Å². The Hall–Kier alpha value is -2.71. The van der Waals surface area contributed by atoms with Crippen molar-refractivity contribution in [2.75, 3.05) is 5.32 Å². The second kappa shape index (κ2) is 5.96. The second-order valence-corrected chi connectivity index (χ2v) is 5.97. The minimum absolute atomic E-state index is 0.00363. The zero-order valence-corrected chi connectivity index (χ0v) is 12.1. The van der Waals surface area contributed by atoms with E-state index in [2.05, 4.69) is 5.32 Å². The number of primary sulfonamides is 1. The van der Waals surface area contributed by atoms with Gasteiger partial charge in [-0.05, 0) is 23.8 Å². The fraction of sp³-hybridized carbons (Fsp3) is 0. The molecule has 0 heterocycles. The molecule has 0 spiro atoms. The molecule has 5 N–H and O–H groups in total. The third kappa shape index (κ3) is 3.48. The molecule has 2 aromatic rings. The first-order valence-electron chi connectivity index (χ1n) is 6.12. The van der Waals surface area contributed by atoms with E-state index >= 15 is 0 Å². The number of nitrogens with two attached hydrogens (primary N) is 2. The molecule has 0 aromatic heterocycles. The molecule has 0 aliphatic carbocycles. The van der Waals surface area contributed by atoms with Crippen LogP contribution in [0.4, 0.5) is 5.69 Å². The minimum Gasteiger partial charge on any atom is -0.361 e. The Bertz CT molecular complexity index is 829. The summed E-state index contributed by atoms with van der Waals surface area (Å²) in [4.78, 5) is 21.9. The highest BCUT2D eigenvalue weighted by molar-refractivity contribution is 7.89. The van der Waals surface area contributed by atoms with Gasteiger partial charge in [0.1, 0.15) is 0 Å². The minimum atomic E-state index is -3.85. The molecule has 0 fully saturated rings. The van der Waals surface area contributed by atoms with Crippen LogP contribution in [-0.4, -0.2) is 20.2 Å². The van der Waals surface area contributed by atoms with Gasteiger partial charge in [0.15, 0.2) is 0 Å². The van der Waals surface area contributed by atoms with Gasteiger partial charge in [-0.15, -0.1) is 0 Å². The SMILES string of the molecule is NC(=O)C(=O)Nc1ccc(-c2ccccc2S(N)(=O)=O)cc1. The molecule has 7 nitrogen and oxygen atoms in total. The van der Waals surface area contributed by atoms with Crippen molar-refractivity contribution in [3.05, 3.63) is 48.5 Å². The van der Waals surface area contributed by atoms with Crippen molar-refractivity contribution in [3.8, 4) is 11.1 Å². The number of benzene rings is 2. The largest absolute Gasteiger partial charge is 0.361 e. The Morgan fingerprint density at radius 3 is 2.09 bits per heavy atom. The second-order valence-electron chi connectivity index (χ2n) is 4.44. The van der Waals surface area contributed by atoms with Gasteiger partial charge >= 0.3 is 11.8 Å². The van der Waals surface area contributed by atoms with E-state index in [0.717, 1.165) is 0 Å². The molecule has 0 radical (unpaired) electrons. The quantitative estimate of drug-likeness (QED) is 0.707. The Balaban J connectivity index is 2.36. The standard InChI is InChI=1S/C14H13N3O4S/c15-13(18)14(19)17-10-7-5-9(6-8-10)11-3-1-2-4-12(11)22(16,20)21/h1-8H,(H2,15,18)(H,17,19)(H2,16,20,21). The molecule has 0 aliphatic rings. The molecular weight excluding hydrogens is 306 g/mol. The number of sulfonamides is 1. The summed E-state index contributed by atoms with van der Waals surface area (Å²) in [6, 6.07) is 12.5. The number of carbonyl (C=O) groups is 2. The van der Waals surface area contributed by atoms with E-state index in [1.54, 1.807) is 30.3 Å². The van der Waals surface area contributed by atoms with Crippen molar-refractivity contribution < 1.29 is 18.0 Å². The topological polar surface area (TPSA) is 132 Å². The molecule has 0 unspecified atom stereocenters. The number of hydrogen-bond donors (Lipinski definition) is 3. The third-order valence-corrected chi connectivity index (χ3v) is 3.84. The number of hydrogen-bond acceptors (Lipinski definition) is 4. The van der Waals surface area contributed by atoms with Crippen molar-refractivity contribution >= 4 is 27.5 Å². The van der Waals surface area contributed by atoms with Crippen LogP contribution in [-0.2, 0) is 19.6 Å². The van der Waals surface area contributed by atoms with Crippen LogP contribution in [0.1, 0.15) is 0 Å². The van der Waals surface area contributed by atoms with Crippen molar-refractivity contribution in [1.29, 1.82) is 0 Å². The molecule has 2 rings (SSSR count). The Labute approximate surface area is 127 Å². The Morgan fingerprint density at radius 2 is 1.55 bits per heavy atom. The first-order chi connectivity index (χ1) is 10.3. The van der Waals surface area contributed by atoms with Crippen LogP contribution < -0.4 is 16.2 Å². The number of nitrogens with one attached hydrogen (secondary N) is 1. The van der Waals surface area contributed by atoms with Crippen LogP contribution in [0, 0.1) is 0 Å². The van der Waals surface area contributed by atoms with Crippen molar-refractivity contribution in [2.24, 2.45) is 10.9 Å². The number of anilines is 1. The first-order valence-corrected chi connectivity index (χ1v) is 7.67. The Morgan fingerprint density at radius 1 is 0.955 bits per heavy atom. The van der Waals surface area contributed by atoms with Gasteiger partial charge in [0.2, 0.25) is 10.0 Å². The average Bonchev–Trinajstić information content (AvgIpc) is 2.47. The predicted molar refractivity (Wildman–Crippen MR) is 81.1 cm³/mol. The summed E-state index contributed by atoms with van der Waals surface area (Å²) in [6.45, 7) is 0. The highest BCUT2D eigenvalue weighted by Gasteiger charge is 2.14. The van der Waals surface area contributed by atoms with Crippen molar-refractivity contribution in [3.63, 3.8) is 0 Å². The van der Waals surface area contributed by atoms with E-state index in [0.29, 0.717) is 16.8 Å². The average molecular weight is 319 g/mol. The first kappa shape index (κ1) is 15.7. The highest BCUT2D eigenvalue weighted by Crippen LogP contribution is 2.27. The zero-order valence-electron chi connectivity index (χ0n) is 11.3. The van der Waals surface area contributed by atoms with Gasteiger partial charge in [-0.1, -0.05) is 30.3 Å². The van der Waals surface area contributed by atoms with E-state index in [1.165, 1.54) is 18.2 Å². The molecule has 22 heavy (non-hydrogen) atoms. The van der Waals surface area contributed by atoms with Crippen LogP contribution >= 0.6 is 0 Å². The fourth-order valence-corrected chi connectivity index (χ4v) is 2.64. The Kier molecular flexibility index (Phi) is 4.25. The number of primary amides is 1. The van der Waals surface area contributed by atoms with Gasteiger partial charge < -0.3 is 11.1 Å². The van der Waals surface area contributed by atoms with Gasteiger partial charge in [0.05, 0.1) is 4.90 Å². The lowest BCUT2D eigenvalue weighted by Gasteiger charge is -2.09.